The van der Waals surface area contributed by atoms with E-state index >= 15 is 0 Å². The van der Waals surface area contributed by atoms with Gasteiger partial charge in [-0.25, -0.2) is 5.43 Å². The van der Waals surface area contributed by atoms with Crippen molar-refractivity contribution in [1.82, 2.24) is 25.2 Å². The van der Waals surface area contributed by atoms with E-state index in [-0.39, 0.29) is 17.3 Å². The molecule has 4 aromatic rings. The van der Waals surface area contributed by atoms with Gasteiger partial charge in [-0.3, -0.25) is 24.5 Å². The van der Waals surface area contributed by atoms with E-state index in [1.54, 1.807) is 24.5 Å². The van der Waals surface area contributed by atoms with Gasteiger partial charge in [0, 0.05) is 40.8 Å². The SMILES string of the molecule is O=C(CSc1nnc(-c2ccncc2)n1-c1ccc(Cl)cc1)N/N=C\c1ccc([N+](=O)[O-])cc1. The molecule has 0 unspecified atom stereocenters. The van der Waals surface area contributed by atoms with Crippen LogP contribution in [0.3, 0.4) is 0 Å². The number of thioether (sulfide) groups is 1. The highest BCUT2D eigenvalue weighted by atomic mass is 35.5. The van der Waals surface area contributed by atoms with Gasteiger partial charge < -0.3 is 0 Å². The molecule has 0 saturated carbocycles. The number of non-ortho nitro benzene ring substituents is 1. The number of hydrazone groups is 1. The van der Waals surface area contributed by atoms with Crippen LogP contribution in [-0.4, -0.2) is 42.5 Å². The van der Waals surface area contributed by atoms with Gasteiger partial charge in [-0.1, -0.05) is 23.4 Å². The van der Waals surface area contributed by atoms with Gasteiger partial charge in [-0.2, -0.15) is 5.10 Å². The molecule has 0 aliphatic heterocycles. The fraction of sp³-hybridized carbons (Fsp3) is 0.0455. The van der Waals surface area contributed by atoms with Crippen LogP contribution in [0, 0.1) is 10.1 Å². The summed E-state index contributed by atoms with van der Waals surface area (Å²) in [5.41, 5.74) is 4.64. The molecule has 1 N–H and O–H groups in total. The third-order valence-electron chi connectivity index (χ3n) is 4.50. The minimum atomic E-state index is -0.483. The molecule has 10 nitrogen and oxygen atoms in total. The largest absolute Gasteiger partial charge is 0.272 e. The zero-order chi connectivity index (χ0) is 23.9. The lowest BCUT2D eigenvalue weighted by atomic mass is 10.2. The lowest BCUT2D eigenvalue weighted by Gasteiger charge is -2.10. The van der Waals surface area contributed by atoms with Crippen LogP contribution in [0.1, 0.15) is 5.56 Å². The average molecular weight is 494 g/mol. The van der Waals surface area contributed by atoms with Crippen molar-refractivity contribution in [3.63, 3.8) is 0 Å². The Bertz CT molecular complexity index is 1330. The molecular weight excluding hydrogens is 478 g/mol. The number of benzene rings is 2. The molecule has 0 spiro atoms. The molecule has 0 aliphatic carbocycles. The highest BCUT2D eigenvalue weighted by molar-refractivity contribution is 7.99. The number of nitrogens with zero attached hydrogens (tertiary/aromatic N) is 6. The summed E-state index contributed by atoms with van der Waals surface area (Å²) >= 11 is 7.24. The minimum Gasteiger partial charge on any atom is -0.272 e. The van der Waals surface area contributed by atoms with Crippen LogP contribution in [0.2, 0.25) is 5.02 Å². The maximum absolute atomic E-state index is 12.3. The molecule has 4 rings (SSSR count). The second-order valence-electron chi connectivity index (χ2n) is 6.78. The second kappa shape index (κ2) is 10.7. The summed E-state index contributed by atoms with van der Waals surface area (Å²) in [4.78, 5) is 26.6. The lowest BCUT2D eigenvalue weighted by molar-refractivity contribution is -0.384. The zero-order valence-corrected chi connectivity index (χ0v) is 19.0. The normalized spacial score (nSPS) is 11.0. The van der Waals surface area contributed by atoms with Crippen molar-refractivity contribution in [3.8, 4) is 17.1 Å². The molecule has 34 heavy (non-hydrogen) atoms. The highest BCUT2D eigenvalue weighted by Gasteiger charge is 2.17. The Morgan fingerprint density at radius 2 is 1.79 bits per heavy atom. The van der Waals surface area contributed by atoms with Crippen molar-refractivity contribution in [2.45, 2.75) is 5.16 Å². The van der Waals surface area contributed by atoms with Crippen molar-refractivity contribution in [3.05, 3.63) is 93.8 Å². The van der Waals surface area contributed by atoms with Gasteiger partial charge in [0.2, 0.25) is 0 Å². The molecule has 1 amide bonds. The molecule has 0 saturated heterocycles. The van der Waals surface area contributed by atoms with E-state index in [1.165, 1.54) is 42.2 Å². The van der Waals surface area contributed by atoms with Crippen molar-refractivity contribution in [2.24, 2.45) is 5.10 Å². The number of nitro groups is 1. The Morgan fingerprint density at radius 3 is 2.47 bits per heavy atom. The zero-order valence-electron chi connectivity index (χ0n) is 17.4. The van der Waals surface area contributed by atoms with Crippen LogP contribution < -0.4 is 5.43 Å². The molecule has 2 aromatic carbocycles. The third kappa shape index (κ3) is 5.63. The van der Waals surface area contributed by atoms with Gasteiger partial charge in [0.25, 0.3) is 11.6 Å². The summed E-state index contributed by atoms with van der Waals surface area (Å²) in [5, 5.41) is 24.3. The van der Waals surface area contributed by atoms with Gasteiger partial charge in [-0.05, 0) is 54.1 Å². The number of pyridine rings is 1. The molecule has 0 atom stereocenters. The highest BCUT2D eigenvalue weighted by Crippen LogP contribution is 2.28. The van der Waals surface area contributed by atoms with Crippen LogP contribution in [0.4, 0.5) is 5.69 Å². The van der Waals surface area contributed by atoms with Crippen molar-refractivity contribution in [1.29, 1.82) is 0 Å². The first-order chi connectivity index (χ1) is 16.5. The van der Waals surface area contributed by atoms with Crippen molar-refractivity contribution < 1.29 is 9.72 Å². The summed E-state index contributed by atoms with van der Waals surface area (Å²) in [5.74, 6) is 0.294. The number of aromatic nitrogens is 4. The topological polar surface area (TPSA) is 128 Å². The van der Waals surface area contributed by atoms with E-state index in [0.717, 1.165) is 11.3 Å². The monoisotopic (exact) mass is 493 g/mol. The van der Waals surface area contributed by atoms with Crippen LogP contribution in [0.5, 0.6) is 0 Å². The van der Waals surface area contributed by atoms with Crippen molar-refractivity contribution in [2.75, 3.05) is 5.75 Å². The number of rotatable bonds is 8. The second-order valence-corrected chi connectivity index (χ2v) is 8.16. The van der Waals surface area contributed by atoms with Gasteiger partial charge in [0.15, 0.2) is 11.0 Å². The molecular formula is C22H16ClN7O3S. The first kappa shape index (κ1) is 23.1. The molecule has 2 aromatic heterocycles. The smallest absolute Gasteiger partial charge is 0.269 e. The quantitative estimate of drug-likeness (QED) is 0.169. The fourth-order valence-corrected chi connectivity index (χ4v) is 3.77. The summed E-state index contributed by atoms with van der Waals surface area (Å²) in [6.07, 6.45) is 4.74. The molecule has 0 radical (unpaired) electrons. The molecule has 0 fully saturated rings. The molecule has 170 valence electrons. The Hall–Kier alpha value is -4.09. The fourth-order valence-electron chi connectivity index (χ4n) is 2.90. The lowest BCUT2D eigenvalue weighted by Crippen LogP contribution is -2.20. The Labute approximate surface area is 202 Å². The number of halogens is 1. The molecule has 0 aliphatic rings. The maximum atomic E-state index is 12.3. The van der Waals surface area contributed by atoms with Crippen molar-refractivity contribution >= 4 is 41.2 Å². The van der Waals surface area contributed by atoms with Crippen LogP contribution in [-0.2, 0) is 4.79 Å². The number of hydrogen-bond acceptors (Lipinski definition) is 8. The first-order valence-electron chi connectivity index (χ1n) is 9.82. The number of nitrogens with one attached hydrogen (secondary N) is 1. The predicted molar refractivity (Wildman–Crippen MR) is 129 cm³/mol. The number of hydrogen-bond donors (Lipinski definition) is 1. The van der Waals surface area contributed by atoms with E-state index in [1.807, 2.05) is 28.8 Å². The predicted octanol–water partition coefficient (Wildman–Crippen LogP) is 4.13. The molecule has 0 bridgehead atoms. The van der Waals surface area contributed by atoms with Crippen LogP contribution in [0.25, 0.3) is 17.1 Å². The van der Waals surface area contributed by atoms with Crippen LogP contribution >= 0.6 is 23.4 Å². The Balaban J connectivity index is 1.46. The number of nitro benzene ring substituents is 1. The van der Waals surface area contributed by atoms with Gasteiger partial charge in [-0.15, -0.1) is 10.2 Å². The van der Waals surface area contributed by atoms with E-state index in [9.17, 15) is 14.9 Å². The van der Waals surface area contributed by atoms with E-state index in [4.69, 9.17) is 11.6 Å². The Morgan fingerprint density at radius 1 is 1.09 bits per heavy atom. The number of amides is 1. The summed E-state index contributed by atoms with van der Waals surface area (Å²) in [6, 6.07) is 16.7. The summed E-state index contributed by atoms with van der Waals surface area (Å²) in [6.45, 7) is 0. The average Bonchev–Trinajstić information content (AvgIpc) is 3.28. The summed E-state index contributed by atoms with van der Waals surface area (Å²) < 4.78 is 1.84. The Kier molecular flexibility index (Phi) is 7.25. The van der Waals surface area contributed by atoms with Crippen LogP contribution in [0.15, 0.2) is 83.3 Å². The maximum Gasteiger partial charge on any atom is 0.269 e. The number of carbonyl (C=O) groups excluding carboxylic acids is 1. The first-order valence-corrected chi connectivity index (χ1v) is 11.2. The standard InChI is InChI=1S/C22H16ClN7O3S/c23-17-3-7-18(8-4-17)29-21(16-9-11-24-12-10-16)27-28-22(29)34-14-20(31)26-25-13-15-1-5-19(6-2-15)30(32)33/h1-13H,14H2,(H,26,31)/b25-13-. The summed E-state index contributed by atoms with van der Waals surface area (Å²) in [7, 11) is 0. The number of carbonyl (C=O) groups is 1. The van der Waals surface area contributed by atoms with E-state index in [2.05, 4.69) is 25.7 Å². The minimum absolute atomic E-state index is 0.0199. The molecule has 2 heterocycles. The van der Waals surface area contributed by atoms with Gasteiger partial charge in [0.05, 0.1) is 16.9 Å². The van der Waals surface area contributed by atoms with E-state index in [0.29, 0.717) is 21.6 Å². The van der Waals surface area contributed by atoms with E-state index < -0.39 is 4.92 Å². The van der Waals surface area contributed by atoms with Gasteiger partial charge >= 0.3 is 0 Å². The third-order valence-corrected chi connectivity index (χ3v) is 5.68. The molecule has 12 heteroatoms. The van der Waals surface area contributed by atoms with Gasteiger partial charge in [0.1, 0.15) is 0 Å².